The fraction of sp³-hybridized carbons (Fsp3) is 0.667. The zero-order valence-electron chi connectivity index (χ0n) is 11.5. The minimum Gasteiger partial charge on any atom is -0.370 e. The third kappa shape index (κ3) is 4.92. The predicted molar refractivity (Wildman–Crippen MR) is 69.4 cm³/mol. The maximum absolute atomic E-state index is 12.3. The van der Waals surface area contributed by atoms with E-state index in [0.29, 0.717) is 24.0 Å². The summed E-state index contributed by atoms with van der Waals surface area (Å²) in [7, 11) is 0. The number of hydrogen-bond acceptors (Lipinski definition) is 4. The predicted octanol–water partition coefficient (Wildman–Crippen LogP) is 3.28. The topological polar surface area (TPSA) is 49.8 Å². The van der Waals surface area contributed by atoms with Gasteiger partial charge in [0.25, 0.3) is 0 Å². The lowest BCUT2D eigenvalue weighted by atomic mass is 10.2. The van der Waals surface area contributed by atoms with E-state index in [4.69, 9.17) is 0 Å². The highest BCUT2D eigenvalue weighted by atomic mass is 19.4. The Hall–Kier alpha value is -1.53. The number of rotatable bonds is 5. The molecule has 0 aliphatic carbocycles. The van der Waals surface area contributed by atoms with Crippen molar-refractivity contribution in [2.75, 3.05) is 17.2 Å². The Kier molecular flexibility index (Phi) is 4.97. The molecule has 4 nitrogen and oxygen atoms in total. The minimum atomic E-state index is -4.19. The number of nitrogens with zero attached hydrogens (tertiary/aromatic N) is 2. The smallest absolute Gasteiger partial charge is 0.370 e. The van der Waals surface area contributed by atoms with E-state index in [1.54, 1.807) is 13.8 Å². The van der Waals surface area contributed by atoms with E-state index in [-0.39, 0.29) is 0 Å². The second-order valence-electron chi connectivity index (χ2n) is 4.49. The van der Waals surface area contributed by atoms with Gasteiger partial charge in [0.05, 0.1) is 6.42 Å². The second kappa shape index (κ2) is 6.08. The summed E-state index contributed by atoms with van der Waals surface area (Å²) in [5, 5.41) is 5.86. The molecule has 7 heteroatoms. The first-order chi connectivity index (χ1) is 8.73. The van der Waals surface area contributed by atoms with Gasteiger partial charge in [-0.05, 0) is 27.7 Å². The first-order valence-electron chi connectivity index (χ1n) is 6.15. The number of anilines is 2. The molecule has 1 aromatic rings. The summed E-state index contributed by atoms with van der Waals surface area (Å²) in [5.41, 5.74) is 0.724. The van der Waals surface area contributed by atoms with Crippen molar-refractivity contribution in [3.05, 3.63) is 11.4 Å². The van der Waals surface area contributed by atoms with Gasteiger partial charge < -0.3 is 10.6 Å². The monoisotopic (exact) mass is 276 g/mol. The Balaban J connectivity index is 2.88. The van der Waals surface area contributed by atoms with Gasteiger partial charge in [0.2, 0.25) is 0 Å². The van der Waals surface area contributed by atoms with Crippen LogP contribution in [0.15, 0.2) is 0 Å². The number of hydrogen-bond donors (Lipinski definition) is 2. The lowest BCUT2D eigenvalue weighted by Gasteiger charge is -2.19. The average molecular weight is 276 g/mol. The Morgan fingerprint density at radius 1 is 1.16 bits per heavy atom. The number of halogens is 3. The summed E-state index contributed by atoms with van der Waals surface area (Å²) in [6.45, 7) is 7.59. The quantitative estimate of drug-likeness (QED) is 0.866. The summed E-state index contributed by atoms with van der Waals surface area (Å²) < 4.78 is 36.9. The van der Waals surface area contributed by atoms with Crippen LogP contribution in [0.2, 0.25) is 0 Å². The standard InChI is InChI=1S/C12H19F3N4/c1-5-16-10-8(3)11(19-9(4)18-10)17-7(2)6-12(13,14)15/h7H,5-6H2,1-4H3,(H2,16,17,18,19). The highest BCUT2D eigenvalue weighted by molar-refractivity contribution is 5.57. The van der Waals surface area contributed by atoms with Crippen LogP contribution in [0.3, 0.4) is 0 Å². The highest BCUT2D eigenvalue weighted by Gasteiger charge is 2.30. The van der Waals surface area contributed by atoms with Gasteiger partial charge in [-0.25, -0.2) is 9.97 Å². The van der Waals surface area contributed by atoms with Gasteiger partial charge in [-0.3, -0.25) is 0 Å². The van der Waals surface area contributed by atoms with Crippen molar-refractivity contribution in [1.29, 1.82) is 0 Å². The van der Waals surface area contributed by atoms with Crippen LogP contribution in [0, 0.1) is 13.8 Å². The van der Waals surface area contributed by atoms with E-state index in [1.807, 2.05) is 6.92 Å². The summed E-state index contributed by atoms with van der Waals surface area (Å²) in [4.78, 5) is 8.38. The van der Waals surface area contributed by atoms with Gasteiger partial charge in [0.1, 0.15) is 17.5 Å². The van der Waals surface area contributed by atoms with Crippen molar-refractivity contribution in [2.24, 2.45) is 0 Å². The second-order valence-corrected chi connectivity index (χ2v) is 4.49. The number of aromatic nitrogens is 2. The van der Waals surface area contributed by atoms with Crippen molar-refractivity contribution >= 4 is 11.6 Å². The fourth-order valence-electron chi connectivity index (χ4n) is 1.74. The van der Waals surface area contributed by atoms with Crippen LogP contribution in [0.5, 0.6) is 0 Å². The van der Waals surface area contributed by atoms with Crippen LogP contribution in [-0.4, -0.2) is 28.7 Å². The van der Waals surface area contributed by atoms with Crippen LogP contribution in [0.25, 0.3) is 0 Å². The molecule has 1 unspecified atom stereocenters. The fourth-order valence-corrected chi connectivity index (χ4v) is 1.74. The highest BCUT2D eigenvalue weighted by Crippen LogP contribution is 2.25. The van der Waals surface area contributed by atoms with Crippen molar-refractivity contribution in [1.82, 2.24) is 9.97 Å². The molecule has 0 amide bonds. The van der Waals surface area contributed by atoms with Crippen LogP contribution < -0.4 is 10.6 Å². The number of nitrogens with one attached hydrogen (secondary N) is 2. The van der Waals surface area contributed by atoms with Crippen molar-refractivity contribution in [2.45, 2.75) is 46.3 Å². The van der Waals surface area contributed by atoms with E-state index in [0.717, 1.165) is 5.56 Å². The molecule has 108 valence electrons. The van der Waals surface area contributed by atoms with Crippen molar-refractivity contribution in [3.8, 4) is 0 Å². The third-order valence-electron chi connectivity index (χ3n) is 2.52. The lowest BCUT2D eigenvalue weighted by Crippen LogP contribution is -2.25. The lowest BCUT2D eigenvalue weighted by molar-refractivity contribution is -0.136. The van der Waals surface area contributed by atoms with Gasteiger partial charge in [-0.1, -0.05) is 0 Å². The average Bonchev–Trinajstić information content (AvgIpc) is 2.22. The number of alkyl halides is 3. The molecule has 2 N–H and O–H groups in total. The van der Waals surface area contributed by atoms with Crippen molar-refractivity contribution < 1.29 is 13.2 Å². The molecule has 0 radical (unpaired) electrons. The van der Waals surface area contributed by atoms with Crippen LogP contribution in [0.4, 0.5) is 24.8 Å². The first kappa shape index (κ1) is 15.5. The molecule has 0 fully saturated rings. The Morgan fingerprint density at radius 3 is 2.26 bits per heavy atom. The molecule has 0 aliphatic heterocycles. The molecule has 0 bridgehead atoms. The SMILES string of the molecule is CCNc1nc(C)nc(NC(C)CC(F)(F)F)c1C. The van der Waals surface area contributed by atoms with Crippen LogP contribution in [-0.2, 0) is 0 Å². The maximum Gasteiger partial charge on any atom is 0.391 e. The molecule has 0 spiro atoms. The largest absolute Gasteiger partial charge is 0.391 e. The van der Waals surface area contributed by atoms with Crippen LogP contribution >= 0.6 is 0 Å². The van der Waals surface area contributed by atoms with Gasteiger partial charge in [-0.15, -0.1) is 0 Å². The van der Waals surface area contributed by atoms with Gasteiger partial charge in [-0.2, -0.15) is 13.2 Å². The third-order valence-corrected chi connectivity index (χ3v) is 2.52. The van der Waals surface area contributed by atoms with Gasteiger partial charge >= 0.3 is 6.18 Å². The maximum atomic E-state index is 12.3. The molecule has 0 aromatic carbocycles. The molecular weight excluding hydrogens is 257 g/mol. The van der Waals surface area contributed by atoms with E-state index in [9.17, 15) is 13.2 Å². The molecule has 0 aliphatic rings. The molecule has 0 saturated heterocycles. The Morgan fingerprint density at radius 2 is 1.74 bits per heavy atom. The van der Waals surface area contributed by atoms with Gasteiger partial charge in [0, 0.05) is 18.2 Å². The molecule has 1 atom stereocenters. The summed E-state index contributed by atoms with van der Waals surface area (Å²) in [6, 6.07) is -0.734. The molecule has 19 heavy (non-hydrogen) atoms. The number of aryl methyl sites for hydroxylation is 1. The zero-order chi connectivity index (χ0) is 14.6. The molecular formula is C12H19F3N4. The normalized spacial score (nSPS) is 13.2. The summed E-state index contributed by atoms with van der Waals surface area (Å²) >= 11 is 0. The summed E-state index contributed by atoms with van der Waals surface area (Å²) in [6.07, 6.45) is -5.08. The molecule has 1 aromatic heterocycles. The van der Waals surface area contributed by atoms with E-state index in [2.05, 4.69) is 20.6 Å². The Labute approximate surface area is 110 Å². The van der Waals surface area contributed by atoms with E-state index in [1.165, 1.54) is 6.92 Å². The molecule has 1 heterocycles. The van der Waals surface area contributed by atoms with E-state index < -0.39 is 18.6 Å². The zero-order valence-corrected chi connectivity index (χ0v) is 11.5. The van der Waals surface area contributed by atoms with Crippen molar-refractivity contribution in [3.63, 3.8) is 0 Å². The summed E-state index contributed by atoms with van der Waals surface area (Å²) in [5.74, 6) is 1.61. The molecule has 1 rings (SSSR count). The molecule has 0 saturated carbocycles. The minimum absolute atomic E-state index is 0.445. The van der Waals surface area contributed by atoms with E-state index >= 15 is 0 Å². The Bertz CT molecular complexity index is 432. The van der Waals surface area contributed by atoms with Gasteiger partial charge in [0.15, 0.2) is 0 Å². The van der Waals surface area contributed by atoms with Crippen LogP contribution in [0.1, 0.15) is 31.7 Å². The first-order valence-corrected chi connectivity index (χ1v) is 6.15.